The normalized spacial score (nSPS) is 13.7. The first-order valence-electron chi connectivity index (χ1n) is 17.0. The number of amidine groups is 1. The predicted molar refractivity (Wildman–Crippen MR) is 206 cm³/mol. The summed E-state index contributed by atoms with van der Waals surface area (Å²) in [5, 5.41) is 14.6. The first-order valence-corrected chi connectivity index (χ1v) is 17.0. The van der Waals surface area contributed by atoms with Crippen molar-refractivity contribution in [3.8, 4) is 11.1 Å². The van der Waals surface area contributed by atoms with Gasteiger partial charge in [0, 0.05) is 16.3 Å². The van der Waals surface area contributed by atoms with Crippen LogP contribution >= 0.6 is 0 Å². The summed E-state index contributed by atoms with van der Waals surface area (Å²) in [6.45, 7) is 0. The van der Waals surface area contributed by atoms with E-state index in [1.54, 1.807) is 0 Å². The molecule has 4 nitrogen and oxygen atoms in total. The van der Waals surface area contributed by atoms with Crippen molar-refractivity contribution in [3.63, 3.8) is 0 Å². The predicted octanol–water partition coefficient (Wildman–Crippen LogP) is 10.3. The van der Waals surface area contributed by atoms with Crippen LogP contribution in [0.2, 0.25) is 0 Å². The molecule has 8 aromatic rings. The van der Waals surface area contributed by atoms with Gasteiger partial charge in [0.05, 0.1) is 22.8 Å². The van der Waals surface area contributed by atoms with Crippen LogP contribution in [0, 0.1) is 5.41 Å². The topological polar surface area (TPSA) is 53.2 Å². The molecule has 4 heteroatoms. The zero-order valence-electron chi connectivity index (χ0n) is 27.4. The largest absolute Gasteiger partial charge is 0.345 e. The quantitative estimate of drug-likeness (QED) is 0.132. The van der Waals surface area contributed by atoms with Crippen LogP contribution < -0.4 is 5.32 Å². The van der Waals surface area contributed by atoms with E-state index in [4.69, 9.17) is 10.4 Å². The zero-order chi connectivity index (χ0) is 33.5. The molecule has 1 aliphatic rings. The minimum absolute atomic E-state index is 0.325. The van der Waals surface area contributed by atoms with Crippen LogP contribution in [0.1, 0.15) is 39.5 Å². The third-order valence-electron chi connectivity index (χ3n) is 10.1. The van der Waals surface area contributed by atoms with E-state index in [1.807, 2.05) is 54.9 Å². The van der Waals surface area contributed by atoms with Crippen LogP contribution in [0.3, 0.4) is 0 Å². The second-order valence-corrected chi connectivity index (χ2v) is 12.8. The lowest BCUT2D eigenvalue weighted by Crippen LogP contribution is -2.28. The second kappa shape index (κ2) is 12.2. The minimum Gasteiger partial charge on any atom is -0.345 e. The van der Waals surface area contributed by atoms with Gasteiger partial charge < -0.3 is 9.88 Å². The molecule has 9 rings (SSSR count). The fourth-order valence-corrected chi connectivity index (χ4v) is 7.95. The maximum Gasteiger partial charge on any atom is 0.147 e. The Hall–Kier alpha value is -6.52. The van der Waals surface area contributed by atoms with Gasteiger partial charge >= 0.3 is 0 Å². The Morgan fingerprint density at radius 3 is 1.86 bits per heavy atom. The van der Waals surface area contributed by atoms with E-state index in [0.717, 1.165) is 22.2 Å². The SMILES string of the molecule is N=C(NC(/N=C/n1c2ccccc2c2c3c(ccc21)C(c1ccccc1)(c1ccccc1)c1ccccc1-3)c1ccccc1)c1ccccc1. The standard InChI is InChI=1S/C46H34N4/c47-44(32-17-5-1-6-18-32)49-45(33-19-7-2-8-20-33)48-31-50-40-28-16-14-26-37(40)43-41(50)30-29-39-42(43)36-25-13-15-27-38(36)46(39,34-21-9-3-10-22-34)35-23-11-4-12-24-35/h1-31,45H,(H2,47,49)/b48-31+. The van der Waals surface area contributed by atoms with E-state index in [-0.39, 0.29) is 0 Å². The highest BCUT2D eigenvalue weighted by Gasteiger charge is 2.46. The summed E-state index contributed by atoms with van der Waals surface area (Å²) in [7, 11) is 0. The first kappa shape index (κ1) is 29.6. The van der Waals surface area contributed by atoms with Crippen molar-refractivity contribution in [2.75, 3.05) is 0 Å². The third kappa shape index (κ3) is 4.61. The summed E-state index contributed by atoms with van der Waals surface area (Å²) in [4.78, 5) is 5.15. The van der Waals surface area contributed by atoms with Crippen LogP contribution in [-0.4, -0.2) is 16.7 Å². The molecular weight excluding hydrogens is 609 g/mol. The average Bonchev–Trinajstić information content (AvgIpc) is 3.68. The van der Waals surface area contributed by atoms with Crippen molar-refractivity contribution in [2.45, 2.75) is 11.6 Å². The number of hydrogen-bond donors (Lipinski definition) is 2. The Kier molecular flexibility index (Phi) is 7.21. The van der Waals surface area contributed by atoms with Crippen molar-refractivity contribution < 1.29 is 0 Å². The summed E-state index contributed by atoms with van der Waals surface area (Å²) in [6, 6.07) is 63.9. The molecule has 0 spiro atoms. The smallest absolute Gasteiger partial charge is 0.147 e. The molecule has 0 amide bonds. The number of fused-ring (bicyclic) bond motifs is 7. The molecule has 0 fully saturated rings. The molecule has 2 N–H and O–H groups in total. The minimum atomic E-state index is -0.472. The van der Waals surface area contributed by atoms with Crippen molar-refractivity contribution in [2.24, 2.45) is 4.99 Å². The van der Waals surface area contributed by atoms with Crippen molar-refractivity contribution in [1.29, 1.82) is 5.41 Å². The maximum absolute atomic E-state index is 8.86. The molecule has 1 aliphatic carbocycles. The third-order valence-corrected chi connectivity index (χ3v) is 10.1. The van der Waals surface area contributed by atoms with Gasteiger partial charge in [0.15, 0.2) is 0 Å². The van der Waals surface area contributed by atoms with Gasteiger partial charge in [-0.15, -0.1) is 0 Å². The molecule has 0 bridgehead atoms. The molecule has 0 saturated heterocycles. The van der Waals surface area contributed by atoms with Gasteiger partial charge in [-0.1, -0.05) is 170 Å². The summed E-state index contributed by atoms with van der Waals surface area (Å²) in [5.74, 6) is 0.325. The number of aliphatic imine (C=N–C) groups is 1. The number of benzene rings is 7. The lowest BCUT2D eigenvalue weighted by molar-refractivity contribution is 0.682. The van der Waals surface area contributed by atoms with Gasteiger partial charge in [-0.3, -0.25) is 5.41 Å². The summed E-state index contributed by atoms with van der Waals surface area (Å²) < 4.78 is 2.21. The van der Waals surface area contributed by atoms with E-state index >= 15 is 0 Å². The van der Waals surface area contributed by atoms with Crippen molar-refractivity contribution in [3.05, 3.63) is 215 Å². The van der Waals surface area contributed by atoms with E-state index < -0.39 is 11.6 Å². The van der Waals surface area contributed by atoms with Crippen molar-refractivity contribution >= 4 is 34.0 Å². The maximum atomic E-state index is 8.86. The lowest BCUT2D eigenvalue weighted by Gasteiger charge is -2.33. The summed E-state index contributed by atoms with van der Waals surface area (Å²) in [5.41, 5.74) is 11.1. The highest BCUT2D eigenvalue weighted by atomic mass is 15.1. The van der Waals surface area contributed by atoms with Gasteiger partial charge in [0.1, 0.15) is 12.0 Å². The average molecular weight is 643 g/mol. The lowest BCUT2D eigenvalue weighted by atomic mass is 9.67. The summed E-state index contributed by atoms with van der Waals surface area (Å²) >= 11 is 0. The van der Waals surface area contributed by atoms with Gasteiger partial charge in [-0.05, 0) is 51.1 Å². The molecule has 238 valence electrons. The molecule has 1 unspecified atom stereocenters. The fourth-order valence-electron chi connectivity index (χ4n) is 7.95. The Labute approximate surface area is 291 Å². The highest BCUT2D eigenvalue weighted by Crippen LogP contribution is 2.58. The van der Waals surface area contributed by atoms with Gasteiger partial charge in [-0.25, -0.2) is 4.99 Å². The van der Waals surface area contributed by atoms with Crippen LogP contribution in [0.15, 0.2) is 187 Å². The monoisotopic (exact) mass is 642 g/mol. The van der Waals surface area contributed by atoms with Crippen LogP contribution in [0.25, 0.3) is 32.9 Å². The Morgan fingerprint density at radius 1 is 0.580 bits per heavy atom. The number of aromatic nitrogens is 1. The molecule has 0 radical (unpaired) electrons. The molecule has 50 heavy (non-hydrogen) atoms. The molecule has 0 aliphatic heterocycles. The summed E-state index contributed by atoms with van der Waals surface area (Å²) in [6.07, 6.45) is 1.47. The molecule has 1 aromatic heterocycles. The molecular formula is C46H34N4. The first-order chi connectivity index (χ1) is 24.7. The molecule has 1 heterocycles. The molecule has 0 saturated carbocycles. The number of para-hydroxylation sites is 1. The Balaban J connectivity index is 1.27. The second-order valence-electron chi connectivity index (χ2n) is 12.8. The van der Waals surface area contributed by atoms with Gasteiger partial charge in [0.25, 0.3) is 0 Å². The fraction of sp³-hybridized carbons (Fsp3) is 0.0435. The van der Waals surface area contributed by atoms with Crippen molar-refractivity contribution in [1.82, 2.24) is 9.88 Å². The number of nitrogens with one attached hydrogen (secondary N) is 2. The van der Waals surface area contributed by atoms with E-state index in [9.17, 15) is 0 Å². The zero-order valence-corrected chi connectivity index (χ0v) is 27.4. The van der Waals surface area contributed by atoms with E-state index in [2.05, 4.69) is 143 Å². The van der Waals surface area contributed by atoms with E-state index in [0.29, 0.717) is 5.84 Å². The molecule has 1 atom stereocenters. The van der Waals surface area contributed by atoms with Gasteiger partial charge in [-0.2, -0.15) is 0 Å². The molecule has 7 aromatic carbocycles. The van der Waals surface area contributed by atoms with Crippen LogP contribution in [-0.2, 0) is 5.41 Å². The Morgan fingerprint density at radius 2 is 1.16 bits per heavy atom. The van der Waals surface area contributed by atoms with Crippen LogP contribution in [0.4, 0.5) is 0 Å². The number of nitrogens with zero attached hydrogens (tertiary/aromatic N) is 2. The number of hydrogen-bond acceptors (Lipinski definition) is 2. The van der Waals surface area contributed by atoms with Crippen LogP contribution in [0.5, 0.6) is 0 Å². The van der Waals surface area contributed by atoms with Gasteiger partial charge in [0.2, 0.25) is 0 Å². The van der Waals surface area contributed by atoms with E-state index in [1.165, 1.54) is 44.2 Å². The number of rotatable bonds is 7. The highest BCUT2D eigenvalue weighted by molar-refractivity contribution is 6.19. The Bertz CT molecular complexity index is 2480.